The quantitative estimate of drug-likeness (QED) is 0.322. The molecule has 0 aromatic carbocycles. The highest BCUT2D eigenvalue weighted by molar-refractivity contribution is 6.28. The zero-order chi connectivity index (χ0) is 22.0. The second-order valence-corrected chi connectivity index (χ2v) is 5.51. The topological polar surface area (TPSA) is 47.9 Å². The standard InChI is InChI=1S/C8H14O.C6H12O2.C4H8O.C2ClF3/c1-2-9-8-6-4-3-5-7-8;1-2-8-6-4-3-5-7;1-3-5-4-2;3-1(4)2(5)6/h2,8H,1,3-7H2;2,7H,1,3-6H2;3H,1,4H2,2H3;. The number of ether oxygens (including phenoxy) is 3. The number of hydrogen-bond donors (Lipinski definition) is 1. The van der Waals surface area contributed by atoms with Crippen molar-refractivity contribution in [2.45, 2.75) is 58.0 Å². The van der Waals surface area contributed by atoms with Crippen LogP contribution >= 0.6 is 11.6 Å². The summed E-state index contributed by atoms with van der Waals surface area (Å²) < 4.78 is 46.4. The Balaban J connectivity index is -0.000000306. The van der Waals surface area contributed by atoms with Gasteiger partial charge < -0.3 is 19.3 Å². The van der Waals surface area contributed by atoms with Gasteiger partial charge >= 0.3 is 6.08 Å². The first kappa shape index (κ1) is 31.1. The van der Waals surface area contributed by atoms with E-state index in [9.17, 15) is 13.2 Å². The molecule has 0 radical (unpaired) electrons. The first-order chi connectivity index (χ1) is 13.4. The lowest BCUT2D eigenvalue weighted by atomic mass is 9.98. The molecule has 1 aliphatic rings. The smallest absolute Gasteiger partial charge is 0.317 e. The van der Waals surface area contributed by atoms with Crippen molar-refractivity contribution in [2.24, 2.45) is 0 Å². The monoisotopic (exact) mass is 430 g/mol. The summed E-state index contributed by atoms with van der Waals surface area (Å²) >= 11 is 4.08. The second kappa shape index (κ2) is 27.6. The van der Waals surface area contributed by atoms with E-state index in [1.165, 1.54) is 44.6 Å². The van der Waals surface area contributed by atoms with Crippen LogP contribution in [-0.4, -0.2) is 31.0 Å². The summed E-state index contributed by atoms with van der Waals surface area (Å²) in [4.78, 5) is 0. The summed E-state index contributed by atoms with van der Waals surface area (Å²) in [6.07, 6.45) is 10.6. The molecule has 0 heterocycles. The maximum atomic E-state index is 10.7. The van der Waals surface area contributed by atoms with Crippen LogP contribution in [0.1, 0.15) is 51.9 Å². The third kappa shape index (κ3) is 32.1. The van der Waals surface area contributed by atoms with E-state index in [4.69, 9.17) is 14.6 Å². The molecular formula is C20H34ClF3O4. The summed E-state index contributed by atoms with van der Waals surface area (Å²) in [6, 6.07) is 0. The molecule has 0 spiro atoms. The van der Waals surface area contributed by atoms with Crippen molar-refractivity contribution in [2.75, 3.05) is 19.8 Å². The predicted octanol–water partition coefficient (Wildman–Crippen LogP) is 6.82. The average Bonchev–Trinajstić information content (AvgIpc) is 2.68. The van der Waals surface area contributed by atoms with E-state index in [0.29, 0.717) is 12.7 Å². The minimum Gasteiger partial charge on any atom is -0.502 e. The van der Waals surface area contributed by atoms with Crippen LogP contribution in [0.2, 0.25) is 0 Å². The van der Waals surface area contributed by atoms with Crippen LogP contribution < -0.4 is 0 Å². The van der Waals surface area contributed by atoms with Gasteiger partial charge in [0.25, 0.3) is 5.29 Å². The molecule has 0 aliphatic heterocycles. The van der Waals surface area contributed by atoms with Gasteiger partial charge in [-0.05, 0) is 57.0 Å². The fourth-order valence-corrected chi connectivity index (χ4v) is 1.84. The molecule has 0 amide bonds. The van der Waals surface area contributed by atoms with E-state index in [1.807, 2.05) is 6.92 Å². The maximum Gasteiger partial charge on any atom is 0.317 e. The minimum absolute atomic E-state index is 0.250. The van der Waals surface area contributed by atoms with Gasteiger partial charge in [-0.1, -0.05) is 26.2 Å². The van der Waals surface area contributed by atoms with Gasteiger partial charge in [-0.2, -0.15) is 13.2 Å². The highest BCUT2D eigenvalue weighted by Crippen LogP contribution is 2.19. The van der Waals surface area contributed by atoms with Crippen molar-refractivity contribution >= 4 is 11.6 Å². The predicted molar refractivity (Wildman–Crippen MR) is 109 cm³/mol. The fourth-order valence-electron chi connectivity index (χ4n) is 1.84. The lowest BCUT2D eigenvalue weighted by Crippen LogP contribution is -2.13. The zero-order valence-electron chi connectivity index (χ0n) is 16.7. The average molecular weight is 431 g/mol. The number of halogens is 4. The van der Waals surface area contributed by atoms with E-state index < -0.39 is 11.4 Å². The molecule has 0 aromatic heterocycles. The highest BCUT2D eigenvalue weighted by Gasteiger charge is 2.11. The molecular weight excluding hydrogens is 397 g/mol. The second-order valence-electron chi connectivity index (χ2n) is 5.17. The molecule has 0 saturated heterocycles. The Morgan fingerprint density at radius 2 is 1.54 bits per heavy atom. The molecule has 1 aliphatic carbocycles. The highest BCUT2D eigenvalue weighted by atomic mass is 35.5. The third-order valence-corrected chi connectivity index (χ3v) is 3.20. The van der Waals surface area contributed by atoms with Crippen LogP contribution in [0.5, 0.6) is 0 Å². The summed E-state index contributed by atoms with van der Waals surface area (Å²) in [6.45, 7) is 13.8. The van der Waals surface area contributed by atoms with E-state index in [-0.39, 0.29) is 6.61 Å². The summed E-state index contributed by atoms with van der Waals surface area (Å²) in [5, 5.41) is 6.35. The summed E-state index contributed by atoms with van der Waals surface area (Å²) in [7, 11) is 0. The molecule has 0 bridgehead atoms. The Morgan fingerprint density at radius 3 is 1.86 bits per heavy atom. The van der Waals surface area contributed by atoms with E-state index in [2.05, 4.69) is 36.1 Å². The first-order valence-corrected chi connectivity index (χ1v) is 9.47. The number of rotatable bonds is 9. The number of hydrogen-bond acceptors (Lipinski definition) is 4. The first-order valence-electron chi connectivity index (χ1n) is 9.09. The largest absolute Gasteiger partial charge is 0.502 e. The number of aliphatic hydroxyl groups is 1. The van der Waals surface area contributed by atoms with E-state index in [0.717, 1.165) is 19.4 Å². The third-order valence-electron chi connectivity index (χ3n) is 3.06. The van der Waals surface area contributed by atoms with Gasteiger partial charge in [0, 0.05) is 6.61 Å². The molecule has 0 aromatic rings. The lowest BCUT2D eigenvalue weighted by Gasteiger charge is -2.20. The fraction of sp³-hybridized carbons (Fsp3) is 0.600. The van der Waals surface area contributed by atoms with Crippen molar-refractivity contribution in [1.29, 1.82) is 0 Å². The maximum absolute atomic E-state index is 10.7. The number of unbranched alkanes of at least 4 members (excludes halogenated alkanes) is 1. The SMILES string of the molecule is C=COC1CCCCC1.C=COCC.C=COCCCCO.FC(F)=C(F)Cl. The minimum atomic E-state index is -2.48. The molecule has 0 unspecified atom stereocenters. The summed E-state index contributed by atoms with van der Waals surface area (Å²) in [5.41, 5.74) is 0. The molecule has 1 N–H and O–H groups in total. The van der Waals surface area contributed by atoms with Crippen molar-refractivity contribution < 1.29 is 32.5 Å². The van der Waals surface area contributed by atoms with Crippen LogP contribution in [0.25, 0.3) is 0 Å². The Kier molecular flexibility index (Phi) is 30.7. The van der Waals surface area contributed by atoms with Gasteiger partial charge in [-0.15, -0.1) is 0 Å². The molecule has 1 saturated carbocycles. The van der Waals surface area contributed by atoms with E-state index >= 15 is 0 Å². The van der Waals surface area contributed by atoms with Crippen LogP contribution in [0.15, 0.2) is 49.9 Å². The van der Waals surface area contributed by atoms with Gasteiger partial charge in [0.1, 0.15) is 0 Å². The molecule has 8 heteroatoms. The lowest BCUT2D eigenvalue weighted by molar-refractivity contribution is 0.107. The van der Waals surface area contributed by atoms with Crippen molar-refractivity contribution in [1.82, 2.24) is 0 Å². The molecule has 166 valence electrons. The summed E-state index contributed by atoms with van der Waals surface area (Å²) in [5.74, 6) is 0. The molecule has 28 heavy (non-hydrogen) atoms. The van der Waals surface area contributed by atoms with Gasteiger partial charge in [-0.25, -0.2) is 0 Å². The molecule has 1 rings (SSSR count). The van der Waals surface area contributed by atoms with Crippen LogP contribution in [0, 0.1) is 0 Å². The van der Waals surface area contributed by atoms with Gasteiger partial charge in [0.2, 0.25) is 0 Å². The Hall–Kier alpha value is -1.60. The van der Waals surface area contributed by atoms with Gasteiger partial charge in [0.15, 0.2) is 0 Å². The Labute approximate surface area is 172 Å². The van der Waals surface area contributed by atoms with Crippen molar-refractivity contribution in [3.05, 3.63) is 49.9 Å². The number of aliphatic hydroxyl groups excluding tert-OH is 1. The Bertz CT molecular complexity index is 370. The van der Waals surface area contributed by atoms with Gasteiger partial charge in [-0.3, -0.25) is 0 Å². The Morgan fingerprint density at radius 1 is 1.00 bits per heavy atom. The van der Waals surface area contributed by atoms with Crippen LogP contribution in [-0.2, 0) is 14.2 Å². The molecule has 0 atom stereocenters. The van der Waals surface area contributed by atoms with Crippen LogP contribution in [0.4, 0.5) is 13.2 Å². The van der Waals surface area contributed by atoms with Crippen LogP contribution in [0.3, 0.4) is 0 Å². The van der Waals surface area contributed by atoms with Gasteiger partial charge in [0.05, 0.1) is 38.1 Å². The van der Waals surface area contributed by atoms with Crippen molar-refractivity contribution in [3.63, 3.8) is 0 Å². The zero-order valence-corrected chi connectivity index (χ0v) is 17.4. The van der Waals surface area contributed by atoms with Crippen molar-refractivity contribution in [3.8, 4) is 0 Å². The van der Waals surface area contributed by atoms with E-state index in [1.54, 1.807) is 6.26 Å². The molecule has 4 nitrogen and oxygen atoms in total. The molecule has 1 fully saturated rings. The normalized spacial score (nSPS) is 12.2.